The first-order valence-corrected chi connectivity index (χ1v) is 10.7. The monoisotopic (exact) mass is 399 g/mol. The van der Waals surface area contributed by atoms with Crippen LogP contribution in [0, 0.1) is 11.3 Å². The fourth-order valence-corrected chi connectivity index (χ4v) is 5.15. The molecule has 4 heterocycles. The van der Waals surface area contributed by atoms with E-state index in [1.54, 1.807) is 12.3 Å². The predicted molar refractivity (Wildman–Crippen MR) is 116 cm³/mol. The third kappa shape index (κ3) is 3.21. The number of amides is 1. The number of carbonyl (C=O) groups excluding carboxylic acids is 1. The van der Waals surface area contributed by atoms with E-state index in [1.807, 2.05) is 12.3 Å². The summed E-state index contributed by atoms with van der Waals surface area (Å²) in [5.74, 6) is 1.13. The first kappa shape index (κ1) is 18.7. The summed E-state index contributed by atoms with van der Waals surface area (Å²) in [6.07, 6.45) is 8.18. The molecule has 2 fully saturated rings. The molecular weight excluding hydrogens is 374 g/mol. The molecule has 0 atom stereocenters. The van der Waals surface area contributed by atoms with Crippen molar-refractivity contribution in [2.75, 3.05) is 18.0 Å². The fraction of sp³-hybridized carbons (Fsp3) is 0.375. The zero-order valence-corrected chi connectivity index (χ0v) is 17.0. The lowest BCUT2D eigenvalue weighted by Gasteiger charge is -2.51. The van der Waals surface area contributed by atoms with Crippen molar-refractivity contribution in [3.05, 3.63) is 59.9 Å². The van der Waals surface area contributed by atoms with Crippen molar-refractivity contribution in [2.45, 2.75) is 44.2 Å². The van der Waals surface area contributed by atoms with Crippen LogP contribution in [0.1, 0.15) is 43.2 Å². The van der Waals surface area contributed by atoms with E-state index in [1.165, 1.54) is 10.9 Å². The summed E-state index contributed by atoms with van der Waals surface area (Å²) < 4.78 is 0. The Labute approximate surface area is 176 Å². The Morgan fingerprint density at radius 3 is 2.87 bits per heavy atom. The van der Waals surface area contributed by atoms with Gasteiger partial charge in [0.05, 0.1) is 11.6 Å². The maximum absolute atomic E-state index is 13.0. The topological polar surface area (TPSA) is 76.0 Å². The molecule has 3 aromatic rings. The van der Waals surface area contributed by atoms with Crippen molar-refractivity contribution in [1.82, 2.24) is 14.9 Å². The molecular formula is C24H25N5O. The number of anilines is 1. The van der Waals surface area contributed by atoms with Crippen LogP contribution in [0.15, 0.2) is 48.8 Å². The molecule has 0 saturated carbocycles. The molecule has 2 saturated heterocycles. The molecule has 30 heavy (non-hydrogen) atoms. The van der Waals surface area contributed by atoms with Gasteiger partial charge in [-0.2, -0.15) is 5.26 Å². The largest absolute Gasteiger partial charge is 0.361 e. The van der Waals surface area contributed by atoms with Gasteiger partial charge in [0, 0.05) is 54.9 Å². The molecule has 152 valence electrons. The Hall–Kier alpha value is -3.33. The number of likely N-dealkylation sites (tertiary alicyclic amines) is 1. The summed E-state index contributed by atoms with van der Waals surface area (Å²) in [4.78, 5) is 25.2. The zero-order valence-electron chi connectivity index (χ0n) is 17.0. The number of fused-ring (bicyclic) bond motifs is 1. The summed E-state index contributed by atoms with van der Waals surface area (Å²) in [5, 5.41) is 10.4. The smallest absolute Gasteiger partial charge is 0.223 e. The molecule has 0 unspecified atom stereocenters. The van der Waals surface area contributed by atoms with Gasteiger partial charge in [0.1, 0.15) is 5.82 Å². The van der Waals surface area contributed by atoms with E-state index in [0.29, 0.717) is 18.5 Å². The number of rotatable bonds is 3. The average molecular weight is 399 g/mol. The summed E-state index contributed by atoms with van der Waals surface area (Å²) in [5.41, 5.74) is 2.87. The van der Waals surface area contributed by atoms with Gasteiger partial charge >= 0.3 is 0 Å². The lowest BCUT2D eigenvalue weighted by molar-refractivity contribution is -0.144. The Bertz CT molecular complexity index is 1120. The molecule has 0 aliphatic carbocycles. The van der Waals surface area contributed by atoms with Gasteiger partial charge in [-0.1, -0.05) is 12.1 Å². The average Bonchev–Trinajstić information content (AvgIpc) is 3.27. The van der Waals surface area contributed by atoms with Gasteiger partial charge < -0.3 is 14.8 Å². The van der Waals surface area contributed by atoms with Gasteiger partial charge in [-0.05, 0) is 55.5 Å². The molecule has 6 heteroatoms. The number of pyridine rings is 1. The molecule has 5 rings (SSSR count). The number of carbonyl (C=O) groups is 1. The highest BCUT2D eigenvalue weighted by atomic mass is 16.2. The normalized spacial score (nSPS) is 18.7. The van der Waals surface area contributed by atoms with E-state index in [2.05, 4.69) is 50.1 Å². The van der Waals surface area contributed by atoms with Crippen LogP contribution in [0.25, 0.3) is 10.9 Å². The third-order valence-corrected chi connectivity index (χ3v) is 6.81. The highest BCUT2D eigenvalue weighted by Gasteiger charge is 2.44. The van der Waals surface area contributed by atoms with E-state index in [9.17, 15) is 10.1 Å². The maximum atomic E-state index is 13.0. The number of hydrogen-bond donors (Lipinski definition) is 1. The van der Waals surface area contributed by atoms with Crippen LogP contribution in [0.4, 0.5) is 5.82 Å². The van der Waals surface area contributed by atoms with E-state index in [4.69, 9.17) is 0 Å². The highest BCUT2D eigenvalue weighted by Crippen LogP contribution is 2.40. The molecule has 6 nitrogen and oxygen atoms in total. The number of nitrogens with one attached hydrogen (secondary N) is 1. The minimum atomic E-state index is -0.0862. The minimum Gasteiger partial charge on any atom is -0.361 e. The first-order valence-electron chi connectivity index (χ1n) is 10.7. The van der Waals surface area contributed by atoms with Crippen LogP contribution in [-0.2, 0) is 11.3 Å². The quantitative estimate of drug-likeness (QED) is 0.723. The van der Waals surface area contributed by atoms with Crippen molar-refractivity contribution < 1.29 is 4.79 Å². The third-order valence-electron chi connectivity index (χ3n) is 6.81. The number of H-pyrrole nitrogens is 1. The van der Waals surface area contributed by atoms with Crippen molar-refractivity contribution in [3.8, 4) is 6.07 Å². The summed E-state index contributed by atoms with van der Waals surface area (Å²) >= 11 is 0. The summed E-state index contributed by atoms with van der Waals surface area (Å²) in [6, 6.07) is 14.2. The maximum Gasteiger partial charge on any atom is 0.223 e. The number of nitrogens with zero attached hydrogens (tertiary/aromatic N) is 4. The number of aromatic amines is 1. The van der Waals surface area contributed by atoms with Crippen molar-refractivity contribution in [2.24, 2.45) is 0 Å². The van der Waals surface area contributed by atoms with Gasteiger partial charge in [-0.25, -0.2) is 4.98 Å². The minimum absolute atomic E-state index is 0.0862. The Kier molecular flexibility index (Phi) is 4.66. The molecule has 1 aromatic carbocycles. The van der Waals surface area contributed by atoms with Crippen LogP contribution in [-0.4, -0.2) is 39.4 Å². The van der Waals surface area contributed by atoms with Crippen molar-refractivity contribution >= 4 is 22.6 Å². The number of nitriles is 1. The molecule has 0 radical (unpaired) electrons. The second-order valence-electron chi connectivity index (χ2n) is 8.42. The SMILES string of the molecule is N#Cc1ccnc(N2CCC3(CCCC(=O)N3Cc3cccc4[nH]ccc34)CC2)c1. The molecule has 2 aromatic heterocycles. The Morgan fingerprint density at radius 2 is 2.03 bits per heavy atom. The van der Waals surface area contributed by atoms with Crippen LogP contribution in [0.5, 0.6) is 0 Å². The Morgan fingerprint density at radius 1 is 1.17 bits per heavy atom. The van der Waals surface area contributed by atoms with Crippen molar-refractivity contribution in [1.29, 1.82) is 5.26 Å². The molecule has 2 aliphatic heterocycles. The van der Waals surface area contributed by atoms with Gasteiger partial charge in [0.2, 0.25) is 5.91 Å². The van der Waals surface area contributed by atoms with E-state index < -0.39 is 0 Å². The second kappa shape index (κ2) is 7.49. The number of aromatic nitrogens is 2. The van der Waals surface area contributed by atoms with Crippen molar-refractivity contribution in [3.63, 3.8) is 0 Å². The predicted octanol–water partition coefficient (Wildman–Crippen LogP) is 3.99. The van der Waals surface area contributed by atoms with Gasteiger partial charge in [-0.3, -0.25) is 4.79 Å². The molecule has 1 spiro atoms. The summed E-state index contributed by atoms with van der Waals surface area (Å²) in [7, 11) is 0. The van der Waals surface area contributed by atoms with Gasteiger partial charge in [0.15, 0.2) is 0 Å². The lowest BCUT2D eigenvalue weighted by atomic mass is 9.78. The number of piperidine rings is 2. The van der Waals surface area contributed by atoms with Gasteiger partial charge in [-0.15, -0.1) is 0 Å². The van der Waals surface area contributed by atoms with Gasteiger partial charge in [0.25, 0.3) is 0 Å². The van der Waals surface area contributed by atoms with Crippen LogP contribution in [0.2, 0.25) is 0 Å². The number of hydrogen-bond acceptors (Lipinski definition) is 4. The van der Waals surface area contributed by atoms with E-state index in [0.717, 1.165) is 50.1 Å². The molecule has 2 aliphatic rings. The number of benzene rings is 1. The van der Waals surface area contributed by atoms with E-state index in [-0.39, 0.29) is 11.4 Å². The highest BCUT2D eigenvalue weighted by molar-refractivity contribution is 5.84. The Balaban J connectivity index is 1.39. The first-order chi connectivity index (χ1) is 14.7. The molecule has 1 N–H and O–H groups in total. The molecule has 1 amide bonds. The van der Waals surface area contributed by atoms with Crippen LogP contribution < -0.4 is 4.90 Å². The van der Waals surface area contributed by atoms with Crippen LogP contribution >= 0.6 is 0 Å². The second-order valence-corrected chi connectivity index (χ2v) is 8.42. The van der Waals surface area contributed by atoms with Crippen LogP contribution in [0.3, 0.4) is 0 Å². The fourth-order valence-electron chi connectivity index (χ4n) is 5.15. The summed E-state index contributed by atoms with van der Waals surface area (Å²) in [6.45, 7) is 2.36. The zero-order chi connectivity index (χ0) is 20.6. The van der Waals surface area contributed by atoms with E-state index >= 15 is 0 Å². The lowest BCUT2D eigenvalue weighted by Crippen LogP contribution is -2.59. The molecule has 0 bridgehead atoms. The standard InChI is InChI=1S/C24H25N5O/c25-16-18-6-11-27-22(15-18)28-13-9-24(10-14-28)8-2-5-23(30)29(24)17-19-3-1-4-21-20(19)7-12-26-21/h1,3-4,6-7,11-12,15,26H,2,5,8-10,13-14,17H2.